The predicted molar refractivity (Wildman–Crippen MR) is 110 cm³/mol. The Kier molecular flexibility index (Phi) is 5.61. The van der Waals surface area contributed by atoms with Gasteiger partial charge in [-0.2, -0.15) is 0 Å². The predicted octanol–water partition coefficient (Wildman–Crippen LogP) is 4.71. The number of hydrogen-bond acceptors (Lipinski definition) is 4. The molecule has 2 heterocycles. The minimum Gasteiger partial charge on any atom is -0.247 e. The zero-order valence-electron chi connectivity index (χ0n) is 19.0. The fourth-order valence-electron chi connectivity index (χ4n) is 2.98. The Morgan fingerprint density at radius 2 is 1.33 bits per heavy atom. The number of nitrogens with zero attached hydrogens (tertiary/aromatic N) is 6. The van der Waals surface area contributed by atoms with Crippen LogP contribution < -0.4 is 0 Å². The molecular weight excluding hydrogens is 336 g/mol. The van der Waals surface area contributed by atoms with Gasteiger partial charge in [-0.1, -0.05) is 45.0 Å². The molecule has 6 heteroatoms. The largest absolute Gasteiger partial charge is 0.247 e. The molecule has 2 rings (SSSR count). The SMILES string of the molecule is CC(C)(C)Cc1cn(C(C)(C)CCC(C)(C)c2cn(C(C)(C)C)nn2)nn1. The Morgan fingerprint density at radius 3 is 1.85 bits per heavy atom. The van der Waals surface area contributed by atoms with Crippen molar-refractivity contribution < 1.29 is 0 Å². The molecule has 0 saturated carbocycles. The van der Waals surface area contributed by atoms with E-state index in [9.17, 15) is 0 Å². The Balaban J connectivity index is 2.08. The molecule has 0 saturated heterocycles. The zero-order valence-corrected chi connectivity index (χ0v) is 19.0. The molecule has 0 aliphatic rings. The summed E-state index contributed by atoms with van der Waals surface area (Å²) in [4.78, 5) is 0. The van der Waals surface area contributed by atoms with Crippen LogP contribution in [0, 0.1) is 5.41 Å². The van der Waals surface area contributed by atoms with Crippen molar-refractivity contribution in [2.45, 2.75) is 105 Å². The van der Waals surface area contributed by atoms with E-state index < -0.39 is 0 Å². The molecule has 0 spiro atoms. The third kappa shape index (κ3) is 5.63. The molecule has 152 valence electrons. The molecule has 0 bridgehead atoms. The molecule has 0 aromatic carbocycles. The molecule has 6 nitrogen and oxygen atoms in total. The summed E-state index contributed by atoms with van der Waals surface area (Å²) in [5.74, 6) is 0. The standard InChI is InChI=1S/C21H38N6/c1-18(2,3)13-16-14-27(24-22-16)21(9,10)12-11-20(7,8)17-15-26(25-23-17)19(4,5)6/h14-15H,11-13H2,1-10H3. The maximum atomic E-state index is 4.45. The number of aromatic nitrogens is 6. The van der Waals surface area contributed by atoms with E-state index in [0.717, 1.165) is 30.7 Å². The Bertz CT molecular complexity index is 752. The first-order chi connectivity index (χ1) is 12.1. The topological polar surface area (TPSA) is 61.4 Å². The molecule has 2 aromatic rings. The van der Waals surface area contributed by atoms with Gasteiger partial charge in [-0.15, -0.1) is 10.2 Å². The molecule has 0 unspecified atom stereocenters. The Hall–Kier alpha value is -1.72. The monoisotopic (exact) mass is 374 g/mol. The number of hydrogen-bond donors (Lipinski definition) is 0. The fraction of sp³-hybridized carbons (Fsp3) is 0.810. The van der Waals surface area contributed by atoms with E-state index in [4.69, 9.17) is 0 Å². The van der Waals surface area contributed by atoms with Crippen molar-refractivity contribution >= 4 is 0 Å². The quantitative estimate of drug-likeness (QED) is 0.735. The highest BCUT2D eigenvalue weighted by atomic mass is 15.5. The van der Waals surface area contributed by atoms with Crippen LogP contribution in [0.15, 0.2) is 12.4 Å². The molecule has 0 aliphatic heterocycles. The lowest BCUT2D eigenvalue weighted by atomic mass is 9.81. The van der Waals surface area contributed by atoms with Crippen molar-refractivity contribution in [1.29, 1.82) is 0 Å². The van der Waals surface area contributed by atoms with Crippen LogP contribution in [0.5, 0.6) is 0 Å². The van der Waals surface area contributed by atoms with E-state index in [2.05, 4.69) is 102 Å². The van der Waals surface area contributed by atoms with Crippen LogP contribution in [0.4, 0.5) is 0 Å². The third-order valence-electron chi connectivity index (χ3n) is 5.11. The van der Waals surface area contributed by atoms with E-state index in [-0.39, 0.29) is 21.9 Å². The summed E-state index contributed by atoms with van der Waals surface area (Å²) in [6.45, 7) is 22.0. The van der Waals surface area contributed by atoms with Gasteiger partial charge in [0.2, 0.25) is 0 Å². The van der Waals surface area contributed by atoms with Crippen LogP contribution >= 0.6 is 0 Å². The minimum absolute atomic E-state index is 0.0460. The molecule has 0 amide bonds. The average molecular weight is 375 g/mol. The van der Waals surface area contributed by atoms with Gasteiger partial charge in [0.15, 0.2) is 0 Å². The van der Waals surface area contributed by atoms with Gasteiger partial charge in [0.25, 0.3) is 0 Å². The molecule has 2 aromatic heterocycles. The van der Waals surface area contributed by atoms with Gasteiger partial charge in [-0.05, 0) is 59.3 Å². The van der Waals surface area contributed by atoms with Gasteiger partial charge in [0.1, 0.15) is 0 Å². The van der Waals surface area contributed by atoms with E-state index in [1.807, 2.05) is 9.36 Å². The lowest BCUT2D eigenvalue weighted by Crippen LogP contribution is -2.30. The third-order valence-corrected chi connectivity index (χ3v) is 5.11. The smallest absolute Gasteiger partial charge is 0.0883 e. The van der Waals surface area contributed by atoms with Crippen LogP contribution in [0.3, 0.4) is 0 Å². The van der Waals surface area contributed by atoms with Crippen LogP contribution in [-0.4, -0.2) is 30.0 Å². The van der Waals surface area contributed by atoms with E-state index in [1.165, 1.54) is 0 Å². The summed E-state index contributed by atoms with van der Waals surface area (Å²) in [5, 5.41) is 17.6. The van der Waals surface area contributed by atoms with Crippen molar-refractivity contribution in [1.82, 2.24) is 30.0 Å². The summed E-state index contributed by atoms with van der Waals surface area (Å²) >= 11 is 0. The Labute approximate surface area is 164 Å². The van der Waals surface area contributed by atoms with Crippen LogP contribution in [0.1, 0.15) is 93.5 Å². The highest BCUT2D eigenvalue weighted by Gasteiger charge is 2.31. The van der Waals surface area contributed by atoms with E-state index in [0.29, 0.717) is 0 Å². The summed E-state index contributed by atoms with van der Waals surface area (Å²) in [6.07, 6.45) is 7.11. The van der Waals surface area contributed by atoms with Crippen molar-refractivity contribution in [3.63, 3.8) is 0 Å². The summed E-state index contributed by atoms with van der Waals surface area (Å²) in [7, 11) is 0. The maximum absolute atomic E-state index is 4.45. The van der Waals surface area contributed by atoms with Crippen molar-refractivity contribution in [3.8, 4) is 0 Å². The summed E-state index contributed by atoms with van der Waals surface area (Å²) in [6, 6.07) is 0. The molecule has 0 radical (unpaired) electrons. The maximum Gasteiger partial charge on any atom is 0.0883 e. The summed E-state index contributed by atoms with van der Waals surface area (Å²) < 4.78 is 3.97. The van der Waals surface area contributed by atoms with Gasteiger partial charge in [0, 0.05) is 17.8 Å². The zero-order chi connectivity index (χ0) is 20.7. The first-order valence-electron chi connectivity index (χ1n) is 9.95. The summed E-state index contributed by atoms with van der Waals surface area (Å²) in [5.41, 5.74) is 2.12. The fourth-order valence-corrected chi connectivity index (χ4v) is 2.98. The average Bonchev–Trinajstić information content (AvgIpc) is 3.12. The first kappa shape index (κ1) is 21.6. The molecule has 27 heavy (non-hydrogen) atoms. The molecule has 0 fully saturated rings. The van der Waals surface area contributed by atoms with E-state index in [1.54, 1.807) is 0 Å². The van der Waals surface area contributed by atoms with Crippen molar-refractivity contribution in [2.24, 2.45) is 5.41 Å². The lowest BCUT2D eigenvalue weighted by Gasteiger charge is -2.30. The lowest BCUT2D eigenvalue weighted by molar-refractivity contribution is 0.254. The van der Waals surface area contributed by atoms with Gasteiger partial charge < -0.3 is 0 Å². The van der Waals surface area contributed by atoms with Gasteiger partial charge in [-0.25, -0.2) is 9.36 Å². The van der Waals surface area contributed by atoms with E-state index >= 15 is 0 Å². The molecule has 0 aliphatic carbocycles. The van der Waals surface area contributed by atoms with Gasteiger partial charge in [-0.3, -0.25) is 0 Å². The van der Waals surface area contributed by atoms with Crippen LogP contribution in [0.25, 0.3) is 0 Å². The highest BCUT2D eigenvalue weighted by molar-refractivity contribution is 5.10. The van der Waals surface area contributed by atoms with Crippen LogP contribution in [-0.2, 0) is 22.9 Å². The second kappa shape index (κ2) is 7.02. The molecule has 0 atom stereocenters. The van der Waals surface area contributed by atoms with Crippen molar-refractivity contribution in [3.05, 3.63) is 23.8 Å². The minimum atomic E-state index is -0.0968. The normalized spacial score (nSPS) is 14.0. The Morgan fingerprint density at radius 1 is 0.741 bits per heavy atom. The van der Waals surface area contributed by atoms with Crippen molar-refractivity contribution in [2.75, 3.05) is 0 Å². The van der Waals surface area contributed by atoms with Gasteiger partial charge >= 0.3 is 0 Å². The van der Waals surface area contributed by atoms with Crippen LogP contribution in [0.2, 0.25) is 0 Å². The second-order valence-corrected chi connectivity index (χ2v) is 11.3. The molecular formula is C21H38N6. The second-order valence-electron chi connectivity index (χ2n) is 11.3. The first-order valence-corrected chi connectivity index (χ1v) is 9.95. The number of rotatable bonds is 6. The van der Waals surface area contributed by atoms with Gasteiger partial charge in [0.05, 0.1) is 22.5 Å². The highest BCUT2D eigenvalue weighted by Crippen LogP contribution is 2.33. The molecule has 0 N–H and O–H groups in total.